The molecule has 0 saturated heterocycles. The number of nitrogens with one attached hydrogen (secondary N) is 1. The average Bonchev–Trinajstić information content (AvgIpc) is 2.59. The van der Waals surface area contributed by atoms with E-state index in [0.29, 0.717) is 18.7 Å². The zero-order valence-corrected chi connectivity index (χ0v) is 14.6. The molecule has 0 spiro atoms. The van der Waals surface area contributed by atoms with E-state index >= 15 is 0 Å². The minimum atomic E-state index is 0.00724. The van der Waals surface area contributed by atoms with Crippen molar-refractivity contribution in [3.8, 4) is 0 Å². The maximum Gasteiger partial charge on any atom is 0.224 e. The Kier molecular flexibility index (Phi) is 6.82. The molecule has 24 heavy (non-hydrogen) atoms. The lowest BCUT2D eigenvalue weighted by Gasteiger charge is -2.18. The van der Waals surface area contributed by atoms with Crippen molar-refractivity contribution in [1.29, 1.82) is 0 Å². The molecule has 0 aliphatic rings. The fraction of sp³-hybridized carbons (Fsp3) is 0.350. The Bertz CT molecular complexity index is 648. The van der Waals surface area contributed by atoms with Crippen molar-refractivity contribution in [1.82, 2.24) is 10.2 Å². The molecule has 0 saturated carbocycles. The van der Waals surface area contributed by atoms with Crippen LogP contribution in [0.1, 0.15) is 30.5 Å². The van der Waals surface area contributed by atoms with Crippen LogP contribution in [-0.4, -0.2) is 23.9 Å². The van der Waals surface area contributed by atoms with Gasteiger partial charge in [0.2, 0.25) is 5.91 Å². The first-order valence-corrected chi connectivity index (χ1v) is 8.52. The van der Waals surface area contributed by atoms with E-state index in [0.717, 1.165) is 30.8 Å². The molecule has 0 aliphatic heterocycles. The molecule has 0 aromatic heterocycles. The molecule has 0 bridgehead atoms. The van der Waals surface area contributed by atoms with Crippen LogP contribution in [0.4, 0.5) is 5.69 Å². The maximum absolute atomic E-state index is 12.0. The molecule has 2 aromatic carbocycles. The van der Waals surface area contributed by atoms with Crippen molar-refractivity contribution in [3.05, 3.63) is 65.2 Å². The van der Waals surface area contributed by atoms with Gasteiger partial charge in [-0.3, -0.25) is 9.69 Å². The van der Waals surface area contributed by atoms with Crippen molar-refractivity contribution in [2.45, 2.75) is 33.4 Å². The van der Waals surface area contributed by atoms with Crippen molar-refractivity contribution in [3.63, 3.8) is 0 Å². The molecule has 1 amide bonds. The van der Waals surface area contributed by atoms with Gasteiger partial charge >= 0.3 is 0 Å². The zero-order valence-electron chi connectivity index (χ0n) is 14.6. The van der Waals surface area contributed by atoms with E-state index < -0.39 is 0 Å². The quantitative estimate of drug-likeness (QED) is 0.734. The standard InChI is InChI=1S/C20H27N3O/c1-3-23(4-2)15-17-10-8-16(9-11-17)14-22-20(24)13-18-6-5-7-19(21)12-18/h5-12H,3-4,13-15,21H2,1-2H3,(H,22,24). The number of rotatable bonds is 8. The molecule has 0 unspecified atom stereocenters. The van der Waals surface area contributed by atoms with Crippen LogP contribution in [0.2, 0.25) is 0 Å². The predicted molar refractivity (Wildman–Crippen MR) is 99.5 cm³/mol. The first kappa shape index (κ1) is 18.0. The Morgan fingerprint density at radius 2 is 1.67 bits per heavy atom. The number of nitrogen functional groups attached to an aromatic ring is 1. The number of hydrogen-bond acceptors (Lipinski definition) is 3. The minimum absolute atomic E-state index is 0.00724. The summed E-state index contributed by atoms with van der Waals surface area (Å²) < 4.78 is 0. The number of carbonyl (C=O) groups excluding carboxylic acids is 1. The van der Waals surface area contributed by atoms with Crippen molar-refractivity contribution < 1.29 is 4.79 Å². The molecular weight excluding hydrogens is 298 g/mol. The Morgan fingerprint density at radius 1 is 1.00 bits per heavy atom. The van der Waals surface area contributed by atoms with Crippen LogP contribution < -0.4 is 11.1 Å². The van der Waals surface area contributed by atoms with E-state index in [1.807, 2.05) is 24.3 Å². The molecule has 4 nitrogen and oxygen atoms in total. The number of hydrogen-bond donors (Lipinski definition) is 2. The number of amides is 1. The lowest BCUT2D eigenvalue weighted by Crippen LogP contribution is -2.24. The molecule has 0 aliphatic carbocycles. The van der Waals surface area contributed by atoms with Gasteiger partial charge < -0.3 is 11.1 Å². The summed E-state index contributed by atoms with van der Waals surface area (Å²) in [5.74, 6) is 0.00724. The van der Waals surface area contributed by atoms with E-state index in [4.69, 9.17) is 5.73 Å². The van der Waals surface area contributed by atoms with Gasteiger partial charge in [-0.15, -0.1) is 0 Å². The van der Waals surface area contributed by atoms with Gasteiger partial charge in [0.15, 0.2) is 0 Å². The summed E-state index contributed by atoms with van der Waals surface area (Å²) in [7, 11) is 0. The van der Waals surface area contributed by atoms with E-state index in [1.54, 1.807) is 0 Å². The largest absolute Gasteiger partial charge is 0.399 e. The second kappa shape index (κ2) is 9.08. The highest BCUT2D eigenvalue weighted by Gasteiger charge is 2.05. The SMILES string of the molecule is CCN(CC)Cc1ccc(CNC(=O)Cc2cccc(N)c2)cc1. The zero-order chi connectivity index (χ0) is 17.4. The Hall–Kier alpha value is -2.33. The lowest BCUT2D eigenvalue weighted by atomic mass is 10.1. The summed E-state index contributed by atoms with van der Waals surface area (Å²) >= 11 is 0. The summed E-state index contributed by atoms with van der Waals surface area (Å²) in [5.41, 5.74) is 9.76. The number of nitrogens with zero attached hydrogens (tertiary/aromatic N) is 1. The monoisotopic (exact) mass is 325 g/mol. The third-order valence-electron chi connectivity index (χ3n) is 4.13. The third kappa shape index (κ3) is 5.70. The number of anilines is 1. The second-order valence-corrected chi connectivity index (χ2v) is 5.98. The highest BCUT2D eigenvalue weighted by molar-refractivity contribution is 5.78. The highest BCUT2D eigenvalue weighted by Crippen LogP contribution is 2.09. The second-order valence-electron chi connectivity index (χ2n) is 5.98. The van der Waals surface area contributed by atoms with Crippen molar-refractivity contribution >= 4 is 11.6 Å². The molecule has 0 radical (unpaired) electrons. The van der Waals surface area contributed by atoms with Crippen LogP contribution in [0.3, 0.4) is 0 Å². The Balaban J connectivity index is 1.82. The normalized spacial score (nSPS) is 10.8. The molecule has 3 N–H and O–H groups in total. The van der Waals surface area contributed by atoms with E-state index in [2.05, 4.69) is 48.3 Å². The fourth-order valence-corrected chi connectivity index (χ4v) is 2.62. The van der Waals surface area contributed by atoms with Gasteiger partial charge in [0, 0.05) is 18.8 Å². The molecule has 0 atom stereocenters. The summed E-state index contributed by atoms with van der Waals surface area (Å²) in [4.78, 5) is 14.4. The molecule has 0 heterocycles. The average molecular weight is 325 g/mol. The maximum atomic E-state index is 12.0. The number of carbonyl (C=O) groups is 1. The Labute approximate surface area is 144 Å². The third-order valence-corrected chi connectivity index (χ3v) is 4.13. The topological polar surface area (TPSA) is 58.4 Å². The van der Waals surface area contributed by atoms with E-state index in [9.17, 15) is 4.79 Å². The smallest absolute Gasteiger partial charge is 0.224 e. The molecule has 0 fully saturated rings. The summed E-state index contributed by atoms with van der Waals surface area (Å²) in [6.45, 7) is 7.97. The van der Waals surface area contributed by atoms with Crippen LogP contribution in [0, 0.1) is 0 Å². The molecule has 4 heteroatoms. The summed E-state index contributed by atoms with van der Waals surface area (Å²) in [5, 5.41) is 2.96. The van der Waals surface area contributed by atoms with Gasteiger partial charge in [0.25, 0.3) is 0 Å². The van der Waals surface area contributed by atoms with Crippen molar-refractivity contribution in [2.75, 3.05) is 18.8 Å². The van der Waals surface area contributed by atoms with Gasteiger partial charge in [-0.1, -0.05) is 50.2 Å². The first-order chi connectivity index (χ1) is 11.6. The van der Waals surface area contributed by atoms with E-state index in [-0.39, 0.29) is 5.91 Å². The van der Waals surface area contributed by atoms with Crippen LogP contribution in [0.15, 0.2) is 48.5 Å². The van der Waals surface area contributed by atoms with Crippen molar-refractivity contribution in [2.24, 2.45) is 0 Å². The lowest BCUT2D eigenvalue weighted by molar-refractivity contribution is -0.120. The molecule has 128 valence electrons. The van der Waals surface area contributed by atoms with Crippen LogP contribution >= 0.6 is 0 Å². The van der Waals surface area contributed by atoms with Gasteiger partial charge in [-0.05, 0) is 41.9 Å². The number of benzene rings is 2. The highest BCUT2D eigenvalue weighted by atomic mass is 16.1. The number of nitrogens with two attached hydrogens (primary N) is 1. The molecule has 2 rings (SSSR count). The fourth-order valence-electron chi connectivity index (χ4n) is 2.62. The van der Waals surface area contributed by atoms with Gasteiger partial charge in [-0.2, -0.15) is 0 Å². The van der Waals surface area contributed by atoms with Gasteiger partial charge in [-0.25, -0.2) is 0 Å². The first-order valence-electron chi connectivity index (χ1n) is 8.52. The molecule has 2 aromatic rings. The van der Waals surface area contributed by atoms with Crippen LogP contribution in [-0.2, 0) is 24.3 Å². The summed E-state index contributed by atoms with van der Waals surface area (Å²) in [6, 6.07) is 15.9. The van der Waals surface area contributed by atoms with Crippen LogP contribution in [0.5, 0.6) is 0 Å². The van der Waals surface area contributed by atoms with Crippen LogP contribution in [0.25, 0.3) is 0 Å². The van der Waals surface area contributed by atoms with Gasteiger partial charge in [0.05, 0.1) is 6.42 Å². The molecular formula is C20H27N3O. The summed E-state index contributed by atoms with van der Waals surface area (Å²) in [6.07, 6.45) is 0.352. The van der Waals surface area contributed by atoms with Gasteiger partial charge in [0.1, 0.15) is 0 Å². The minimum Gasteiger partial charge on any atom is -0.399 e. The van der Waals surface area contributed by atoms with E-state index in [1.165, 1.54) is 5.56 Å². The Morgan fingerprint density at radius 3 is 2.29 bits per heavy atom. The predicted octanol–water partition coefficient (Wildman–Crippen LogP) is 2.97.